The Morgan fingerprint density at radius 3 is 2.70 bits per heavy atom. The van der Waals surface area contributed by atoms with Crippen molar-refractivity contribution >= 4 is 43.7 Å². The predicted molar refractivity (Wildman–Crippen MR) is 90.7 cm³/mol. The van der Waals surface area contributed by atoms with Crippen LogP contribution in [0.3, 0.4) is 0 Å². The number of hydrogen-bond donors (Lipinski definition) is 1. The molecule has 0 amide bonds. The molecule has 2 aromatic carbocycles. The van der Waals surface area contributed by atoms with Crippen LogP contribution in [0.1, 0.15) is 10.6 Å². The zero-order chi connectivity index (χ0) is 13.9. The number of benzene rings is 2. The third-order valence-electron chi connectivity index (χ3n) is 3.38. The molecular weight excluding hydrogens is 332 g/mol. The van der Waals surface area contributed by atoms with E-state index in [2.05, 4.69) is 69.6 Å². The third-order valence-corrected chi connectivity index (χ3v) is 5.07. The molecule has 3 rings (SSSR count). The summed E-state index contributed by atoms with van der Waals surface area (Å²) >= 11 is 5.34. The second-order valence-corrected chi connectivity index (χ2v) is 6.47. The quantitative estimate of drug-likeness (QED) is 0.717. The molecule has 20 heavy (non-hydrogen) atoms. The highest BCUT2D eigenvalue weighted by atomic mass is 79.9. The molecule has 0 aliphatic rings. The first-order valence-electron chi connectivity index (χ1n) is 6.56. The van der Waals surface area contributed by atoms with Crippen molar-refractivity contribution in [3.63, 3.8) is 0 Å². The fourth-order valence-electron chi connectivity index (χ4n) is 2.29. The highest BCUT2D eigenvalue weighted by molar-refractivity contribution is 9.10. The summed E-state index contributed by atoms with van der Waals surface area (Å²) < 4.78 is 1.14. The van der Waals surface area contributed by atoms with Crippen molar-refractivity contribution < 1.29 is 0 Å². The number of thiazole rings is 1. The number of hydrogen-bond acceptors (Lipinski definition) is 3. The summed E-state index contributed by atoms with van der Waals surface area (Å²) in [5, 5.41) is 6.03. The van der Waals surface area contributed by atoms with Gasteiger partial charge < -0.3 is 5.32 Å². The van der Waals surface area contributed by atoms with Crippen molar-refractivity contribution in [1.29, 1.82) is 0 Å². The Morgan fingerprint density at radius 2 is 1.95 bits per heavy atom. The minimum atomic E-state index is 0.925. The Balaban J connectivity index is 1.78. The van der Waals surface area contributed by atoms with Crippen molar-refractivity contribution in [2.24, 2.45) is 0 Å². The van der Waals surface area contributed by atoms with Crippen LogP contribution in [0.25, 0.3) is 10.8 Å². The number of fused-ring (bicyclic) bond motifs is 1. The molecule has 0 fully saturated rings. The summed E-state index contributed by atoms with van der Waals surface area (Å²) in [6.45, 7) is 3.00. The zero-order valence-electron chi connectivity index (χ0n) is 11.2. The van der Waals surface area contributed by atoms with Crippen LogP contribution in [0.5, 0.6) is 0 Å². The second-order valence-electron chi connectivity index (χ2n) is 4.68. The fourth-order valence-corrected chi connectivity index (χ4v) is 3.55. The molecule has 0 saturated carbocycles. The number of aryl methyl sites for hydroxylation is 1. The Morgan fingerprint density at radius 1 is 1.15 bits per heavy atom. The van der Waals surface area contributed by atoms with Crippen molar-refractivity contribution in [3.05, 3.63) is 57.0 Å². The lowest BCUT2D eigenvalue weighted by molar-refractivity contribution is 1.02. The van der Waals surface area contributed by atoms with Gasteiger partial charge in [0.05, 0.1) is 11.2 Å². The molecule has 0 radical (unpaired) electrons. The number of rotatable bonds is 4. The highest BCUT2D eigenvalue weighted by Gasteiger charge is 2.05. The number of nitrogens with zero attached hydrogens (tertiary/aromatic N) is 1. The average Bonchev–Trinajstić information content (AvgIpc) is 2.87. The summed E-state index contributed by atoms with van der Waals surface area (Å²) in [6.07, 6.45) is 1.01. The van der Waals surface area contributed by atoms with E-state index >= 15 is 0 Å². The smallest absolute Gasteiger partial charge is 0.0797 e. The van der Waals surface area contributed by atoms with Gasteiger partial charge in [-0.05, 0) is 24.4 Å². The molecule has 4 heteroatoms. The van der Waals surface area contributed by atoms with Crippen molar-refractivity contribution in [3.8, 4) is 0 Å². The van der Waals surface area contributed by atoms with Crippen LogP contribution < -0.4 is 5.32 Å². The molecule has 1 aromatic heterocycles. The average molecular weight is 347 g/mol. The molecule has 0 atom stereocenters. The van der Waals surface area contributed by atoms with E-state index in [0.717, 1.165) is 23.1 Å². The largest absolute Gasteiger partial charge is 0.384 e. The van der Waals surface area contributed by atoms with Crippen LogP contribution in [-0.4, -0.2) is 11.5 Å². The van der Waals surface area contributed by atoms with Crippen LogP contribution in [0, 0.1) is 6.92 Å². The number of nitrogens with one attached hydrogen (secondary N) is 1. The summed E-state index contributed by atoms with van der Waals surface area (Å²) in [5.41, 5.74) is 4.25. The van der Waals surface area contributed by atoms with E-state index in [0.29, 0.717) is 0 Å². The fraction of sp³-hybridized carbons (Fsp3) is 0.188. The standard InChI is InChI=1S/C16H15BrN2S/c1-11-16(20-10-19-11)8-9-18-15-7-6-14(17)12-4-2-3-5-13(12)15/h2-7,10,18H,8-9H2,1H3. The van der Waals surface area contributed by atoms with Crippen molar-refractivity contribution in [2.45, 2.75) is 13.3 Å². The molecule has 0 aliphatic heterocycles. The summed E-state index contributed by atoms with van der Waals surface area (Å²) in [4.78, 5) is 5.65. The SMILES string of the molecule is Cc1ncsc1CCNc1ccc(Br)c2ccccc12. The van der Waals surface area contributed by atoms with E-state index in [-0.39, 0.29) is 0 Å². The lowest BCUT2D eigenvalue weighted by Crippen LogP contribution is -2.05. The van der Waals surface area contributed by atoms with Gasteiger partial charge in [-0.3, -0.25) is 0 Å². The first kappa shape index (κ1) is 13.6. The monoisotopic (exact) mass is 346 g/mol. The van der Waals surface area contributed by atoms with Gasteiger partial charge in [-0.2, -0.15) is 0 Å². The molecule has 0 spiro atoms. The van der Waals surface area contributed by atoms with E-state index in [1.54, 1.807) is 11.3 Å². The summed E-state index contributed by atoms with van der Waals surface area (Å²) in [5.74, 6) is 0. The van der Waals surface area contributed by atoms with Crippen LogP contribution in [0.4, 0.5) is 5.69 Å². The van der Waals surface area contributed by atoms with Gasteiger partial charge in [-0.25, -0.2) is 4.98 Å². The van der Waals surface area contributed by atoms with Gasteiger partial charge in [0.25, 0.3) is 0 Å². The van der Waals surface area contributed by atoms with Gasteiger partial charge in [0.15, 0.2) is 0 Å². The van der Waals surface area contributed by atoms with E-state index in [1.165, 1.54) is 21.3 Å². The van der Waals surface area contributed by atoms with E-state index in [1.807, 2.05) is 5.51 Å². The Hall–Kier alpha value is -1.39. The highest BCUT2D eigenvalue weighted by Crippen LogP contribution is 2.29. The molecule has 0 aliphatic carbocycles. The Labute approximate surface area is 131 Å². The zero-order valence-corrected chi connectivity index (χ0v) is 13.6. The van der Waals surface area contributed by atoms with Crippen molar-refractivity contribution in [1.82, 2.24) is 4.98 Å². The molecule has 102 valence electrons. The molecule has 1 heterocycles. The first-order chi connectivity index (χ1) is 9.75. The minimum Gasteiger partial charge on any atom is -0.384 e. The van der Waals surface area contributed by atoms with Crippen LogP contribution >= 0.6 is 27.3 Å². The van der Waals surface area contributed by atoms with Crippen LogP contribution in [-0.2, 0) is 6.42 Å². The minimum absolute atomic E-state index is 0.925. The van der Waals surface area contributed by atoms with Gasteiger partial charge in [-0.1, -0.05) is 40.2 Å². The lowest BCUT2D eigenvalue weighted by atomic mass is 10.1. The van der Waals surface area contributed by atoms with Crippen LogP contribution in [0.15, 0.2) is 46.4 Å². The molecular formula is C16H15BrN2S. The molecule has 1 N–H and O–H groups in total. The predicted octanol–water partition coefficient (Wildman–Crippen LogP) is 5.02. The first-order valence-corrected chi connectivity index (χ1v) is 8.23. The Bertz CT molecular complexity index is 736. The summed E-state index contributed by atoms with van der Waals surface area (Å²) in [7, 11) is 0. The molecule has 2 nitrogen and oxygen atoms in total. The maximum atomic E-state index is 4.29. The van der Waals surface area contributed by atoms with Gasteiger partial charge in [-0.15, -0.1) is 11.3 Å². The number of halogens is 1. The van der Waals surface area contributed by atoms with Gasteiger partial charge in [0.1, 0.15) is 0 Å². The maximum absolute atomic E-state index is 4.29. The van der Waals surface area contributed by atoms with E-state index in [9.17, 15) is 0 Å². The number of aromatic nitrogens is 1. The number of anilines is 1. The topological polar surface area (TPSA) is 24.9 Å². The molecule has 3 aromatic rings. The molecule has 0 saturated heterocycles. The van der Waals surface area contributed by atoms with Gasteiger partial charge in [0, 0.05) is 33.4 Å². The van der Waals surface area contributed by atoms with Crippen LogP contribution in [0.2, 0.25) is 0 Å². The third kappa shape index (κ3) is 2.72. The molecule has 0 unspecified atom stereocenters. The van der Waals surface area contributed by atoms with E-state index < -0.39 is 0 Å². The normalized spacial score (nSPS) is 10.9. The maximum Gasteiger partial charge on any atom is 0.0797 e. The van der Waals surface area contributed by atoms with Gasteiger partial charge in [0.2, 0.25) is 0 Å². The molecule has 0 bridgehead atoms. The van der Waals surface area contributed by atoms with Crippen molar-refractivity contribution in [2.75, 3.05) is 11.9 Å². The van der Waals surface area contributed by atoms with E-state index in [4.69, 9.17) is 0 Å². The Kier molecular flexibility index (Phi) is 4.03. The van der Waals surface area contributed by atoms with Gasteiger partial charge >= 0.3 is 0 Å². The second kappa shape index (κ2) is 5.94. The lowest BCUT2D eigenvalue weighted by Gasteiger charge is -2.10. The summed E-state index contributed by atoms with van der Waals surface area (Å²) in [6, 6.07) is 12.7.